The van der Waals surface area contributed by atoms with Gasteiger partial charge in [-0.3, -0.25) is 4.79 Å². The Morgan fingerprint density at radius 2 is 1.35 bits per heavy atom. The van der Waals surface area contributed by atoms with Gasteiger partial charge >= 0.3 is 17.9 Å². The molecule has 0 aliphatic carbocycles. The van der Waals surface area contributed by atoms with E-state index < -0.39 is 17.9 Å². The highest BCUT2D eigenvalue weighted by Crippen LogP contribution is 2.05. The van der Waals surface area contributed by atoms with E-state index in [1.54, 1.807) is 0 Å². The van der Waals surface area contributed by atoms with Gasteiger partial charge in [0.2, 0.25) is 0 Å². The molecule has 0 amide bonds. The number of hydrogen-bond donors (Lipinski definition) is 3. The van der Waals surface area contributed by atoms with Crippen LogP contribution in [0.3, 0.4) is 0 Å². The van der Waals surface area contributed by atoms with E-state index in [0.717, 1.165) is 43.9 Å². The van der Waals surface area contributed by atoms with Gasteiger partial charge < -0.3 is 15.1 Å². The van der Waals surface area contributed by atoms with Gasteiger partial charge in [0.1, 0.15) is 0 Å². The average Bonchev–Trinajstić information content (AvgIpc) is 2.49. The molecule has 0 aromatic rings. The van der Waals surface area contributed by atoms with Gasteiger partial charge in [-0.2, -0.15) is 5.48 Å². The van der Waals surface area contributed by atoms with E-state index in [2.05, 4.69) is 10.3 Å². The third kappa shape index (κ3) is 15.7. The van der Waals surface area contributed by atoms with Crippen LogP contribution in [0.2, 0.25) is 0 Å². The Morgan fingerprint density at radius 1 is 0.783 bits per heavy atom. The summed E-state index contributed by atoms with van der Waals surface area (Å²) in [4.78, 5) is 47.1. The molecule has 0 heterocycles. The number of ketones is 1. The summed E-state index contributed by atoms with van der Waals surface area (Å²) in [5.74, 6) is -3.33. The number of aliphatic carboxylic acids is 2. The van der Waals surface area contributed by atoms with Gasteiger partial charge in [0.05, 0.1) is 0 Å². The summed E-state index contributed by atoms with van der Waals surface area (Å²) in [5.41, 5.74) is 2.43. The summed E-state index contributed by atoms with van der Waals surface area (Å²) >= 11 is 0. The van der Waals surface area contributed by atoms with Crippen molar-refractivity contribution >= 4 is 23.7 Å². The molecule has 0 saturated heterocycles. The Balaban J connectivity index is 3.43. The number of unbranched alkanes of at least 4 members (excludes halogenated alkanes) is 4. The van der Waals surface area contributed by atoms with Gasteiger partial charge in [-0.25, -0.2) is 14.4 Å². The van der Waals surface area contributed by atoms with Crippen molar-refractivity contribution in [1.29, 1.82) is 0 Å². The van der Waals surface area contributed by atoms with Gasteiger partial charge in [-0.15, -0.1) is 0 Å². The lowest BCUT2D eigenvalue weighted by Crippen LogP contribution is -2.19. The molecule has 0 aromatic heterocycles. The van der Waals surface area contributed by atoms with Crippen molar-refractivity contribution in [2.75, 3.05) is 6.54 Å². The minimum atomic E-state index is -1.22. The molecule has 0 spiro atoms. The fourth-order valence-electron chi connectivity index (χ4n) is 1.57. The molecule has 0 saturated carbocycles. The van der Waals surface area contributed by atoms with Gasteiger partial charge in [0, 0.05) is 31.2 Å². The van der Waals surface area contributed by atoms with Crippen LogP contribution in [-0.4, -0.2) is 40.4 Å². The Bertz CT molecular complexity index is 426. The lowest BCUT2D eigenvalue weighted by atomic mass is 10.1. The van der Waals surface area contributed by atoms with E-state index in [4.69, 9.17) is 10.2 Å². The molecule has 23 heavy (non-hydrogen) atoms. The van der Waals surface area contributed by atoms with Crippen molar-refractivity contribution in [3.05, 3.63) is 24.3 Å². The van der Waals surface area contributed by atoms with E-state index in [1.165, 1.54) is 0 Å². The summed E-state index contributed by atoms with van der Waals surface area (Å²) in [6.45, 7) is 0.451. The number of rotatable bonds is 13. The predicted octanol–water partition coefficient (Wildman–Crippen LogP) is 1.23. The quantitative estimate of drug-likeness (QED) is 0.261. The number of hydroxylamine groups is 1. The molecule has 0 bridgehead atoms. The second-order valence-corrected chi connectivity index (χ2v) is 4.64. The van der Waals surface area contributed by atoms with Gasteiger partial charge in [-0.1, -0.05) is 19.3 Å². The fraction of sp³-hybridized carbons (Fsp3) is 0.467. The first-order valence-electron chi connectivity index (χ1n) is 7.20. The van der Waals surface area contributed by atoms with E-state index in [9.17, 15) is 19.2 Å². The summed E-state index contributed by atoms with van der Waals surface area (Å²) in [7, 11) is 0. The molecular formula is C15H21NO7. The van der Waals surface area contributed by atoms with Gasteiger partial charge in [0.15, 0.2) is 5.78 Å². The van der Waals surface area contributed by atoms with Crippen molar-refractivity contribution in [2.45, 2.75) is 38.5 Å². The van der Waals surface area contributed by atoms with Crippen molar-refractivity contribution in [3.63, 3.8) is 0 Å². The average molecular weight is 327 g/mol. The second-order valence-electron chi connectivity index (χ2n) is 4.64. The summed E-state index contributed by atoms with van der Waals surface area (Å²) in [6, 6.07) is 0. The maximum absolute atomic E-state index is 11.2. The summed E-state index contributed by atoms with van der Waals surface area (Å²) in [5, 5.41) is 16.7. The molecule has 0 unspecified atom stereocenters. The van der Waals surface area contributed by atoms with Gasteiger partial charge in [0.25, 0.3) is 0 Å². The summed E-state index contributed by atoms with van der Waals surface area (Å²) in [6.07, 6.45) is 7.85. The third-order valence-electron chi connectivity index (χ3n) is 2.65. The lowest BCUT2D eigenvalue weighted by molar-refractivity contribution is -0.145. The number of allylic oxidation sites excluding steroid dienone is 1. The highest BCUT2D eigenvalue weighted by atomic mass is 16.7. The normalized spacial score (nSPS) is 11.0. The van der Waals surface area contributed by atoms with Crippen LogP contribution in [0.4, 0.5) is 0 Å². The maximum Gasteiger partial charge on any atom is 0.349 e. The minimum absolute atomic E-state index is 0.199. The van der Waals surface area contributed by atoms with Crippen molar-refractivity contribution in [1.82, 2.24) is 5.48 Å². The Labute approximate surface area is 133 Å². The molecule has 128 valence electrons. The standard InChI is InChI=1S/C15H21NO7/c17-12(7-8-13(18)19)6-4-2-1-3-5-11-16-23-15(22)10-9-14(20)21/h7-10,16H,1-6,11H2,(H,18,19)(H,20,21)/b8-7-,10-9-. The molecule has 8 heteroatoms. The zero-order valence-corrected chi connectivity index (χ0v) is 12.7. The highest BCUT2D eigenvalue weighted by molar-refractivity contribution is 5.95. The smallest absolute Gasteiger partial charge is 0.349 e. The van der Waals surface area contributed by atoms with Crippen LogP contribution in [0.5, 0.6) is 0 Å². The number of nitrogens with one attached hydrogen (secondary N) is 1. The van der Waals surface area contributed by atoms with E-state index in [0.29, 0.717) is 25.5 Å². The van der Waals surface area contributed by atoms with E-state index >= 15 is 0 Å². The zero-order valence-electron chi connectivity index (χ0n) is 12.7. The molecule has 0 rings (SSSR count). The maximum atomic E-state index is 11.2. The third-order valence-corrected chi connectivity index (χ3v) is 2.65. The topological polar surface area (TPSA) is 130 Å². The van der Waals surface area contributed by atoms with Crippen molar-refractivity contribution in [3.8, 4) is 0 Å². The molecule has 0 aliphatic heterocycles. The van der Waals surface area contributed by atoms with E-state index in [-0.39, 0.29) is 5.78 Å². The van der Waals surface area contributed by atoms with Crippen molar-refractivity contribution < 1.29 is 34.2 Å². The number of carboxylic acid groups (broad SMARTS) is 2. The first kappa shape index (κ1) is 20.5. The molecule has 3 N–H and O–H groups in total. The van der Waals surface area contributed by atoms with Crippen LogP contribution < -0.4 is 5.48 Å². The molecule has 0 fully saturated rings. The largest absolute Gasteiger partial charge is 0.478 e. The minimum Gasteiger partial charge on any atom is -0.478 e. The number of carbonyl (C=O) groups is 4. The first-order chi connectivity index (χ1) is 10.9. The monoisotopic (exact) mass is 327 g/mol. The summed E-state index contributed by atoms with van der Waals surface area (Å²) < 4.78 is 0. The molecule has 8 nitrogen and oxygen atoms in total. The lowest BCUT2D eigenvalue weighted by Gasteiger charge is -2.03. The van der Waals surface area contributed by atoms with Crippen LogP contribution in [0, 0.1) is 0 Å². The number of carboxylic acids is 2. The first-order valence-corrected chi connectivity index (χ1v) is 7.20. The second kappa shape index (κ2) is 13.2. The zero-order chi connectivity index (χ0) is 17.5. The van der Waals surface area contributed by atoms with Crippen LogP contribution >= 0.6 is 0 Å². The molecule has 0 radical (unpaired) electrons. The Morgan fingerprint density at radius 3 is 2.00 bits per heavy atom. The fourth-order valence-corrected chi connectivity index (χ4v) is 1.57. The van der Waals surface area contributed by atoms with Crippen LogP contribution in [0.1, 0.15) is 38.5 Å². The van der Waals surface area contributed by atoms with Crippen LogP contribution in [0.25, 0.3) is 0 Å². The van der Waals surface area contributed by atoms with Crippen LogP contribution in [0.15, 0.2) is 24.3 Å². The van der Waals surface area contributed by atoms with E-state index in [1.807, 2.05) is 0 Å². The molecule has 0 atom stereocenters. The Hall–Kier alpha value is -2.48. The molecule has 0 aliphatic rings. The molecular weight excluding hydrogens is 306 g/mol. The highest BCUT2D eigenvalue weighted by Gasteiger charge is 2.00. The number of hydrogen-bond acceptors (Lipinski definition) is 6. The van der Waals surface area contributed by atoms with Crippen molar-refractivity contribution in [2.24, 2.45) is 0 Å². The van der Waals surface area contributed by atoms with Crippen LogP contribution in [-0.2, 0) is 24.0 Å². The SMILES string of the molecule is O=C(O)/C=C\C(=O)CCCCCCCNOC(=O)/C=C\C(=O)O. The Kier molecular flexibility index (Phi) is 11.8. The van der Waals surface area contributed by atoms with Gasteiger partial charge in [-0.05, 0) is 18.9 Å². The molecule has 0 aromatic carbocycles. The number of carbonyl (C=O) groups excluding carboxylic acids is 2. The predicted molar refractivity (Wildman–Crippen MR) is 80.4 cm³/mol.